The topological polar surface area (TPSA) is 6.48 Å². The average Bonchev–Trinajstić information content (AvgIpc) is 3.37. The van der Waals surface area contributed by atoms with Gasteiger partial charge in [0.1, 0.15) is 0 Å². The SMILES string of the molecule is Cc1cccc(N(c2ccc(-c3ccc4c(-c5ccccc5C)c5cc(-c6ccc(N(c7cccc(C)c7)c7cccc(C)c7)cc6)ccc5c(-c5ccccc5C)c4c3)cc2)c2cccc(C)c2)c1. The highest BCUT2D eigenvalue weighted by atomic mass is 15.1. The molecule has 338 valence electrons. The Hall–Kier alpha value is -8.46. The maximum Gasteiger partial charge on any atom is 0.0464 e. The van der Waals surface area contributed by atoms with Gasteiger partial charge in [-0.3, -0.25) is 0 Å². The van der Waals surface area contributed by atoms with E-state index in [0.29, 0.717) is 0 Å². The first kappa shape index (κ1) is 44.1. The molecule has 0 atom stereocenters. The summed E-state index contributed by atoms with van der Waals surface area (Å²) in [6.07, 6.45) is 0. The van der Waals surface area contributed by atoms with Crippen molar-refractivity contribution in [1.82, 2.24) is 0 Å². The Kier molecular flexibility index (Phi) is 11.7. The second-order valence-electron chi connectivity index (χ2n) is 19.0. The number of anilines is 6. The van der Waals surface area contributed by atoms with Crippen molar-refractivity contribution in [2.24, 2.45) is 0 Å². The molecule has 0 fully saturated rings. The molecule has 11 aromatic rings. The van der Waals surface area contributed by atoms with Crippen LogP contribution in [0, 0.1) is 41.5 Å². The van der Waals surface area contributed by atoms with Crippen LogP contribution < -0.4 is 9.80 Å². The summed E-state index contributed by atoms with van der Waals surface area (Å²) in [6.45, 7) is 13.1. The first-order valence-corrected chi connectivity index (χ1v) is 24.4. The summed E-state index contributed by atoms with van der Waals surface area (Å²) in [5, 5.41) is 4.97. The van der Waals surface area contributed by atoms with Crippen LogP contribution in [0.15, 0.2) is 231 Å². The first-order valence-electron chi connectivity index (χ1n) is 24.4. The maximum absolute atomic E-state index is 2.44. The second kappa shape index (κ2) is 18.6. The molecule has 0 amide bonds. The first-order chi connectivity index (χ1) is 34.2. The van der Waals surface area contributed by atoms with Crippen molar-refractivity contribution in [2.45, 2.75) is 41.5 Å². The highest BCUT2D eigenvalue weighted by Crippen LogP contribution is 2.48. The van der Waals surface area contributed by atoms with Gasteiger partial charge in [0.2, 0.25) is 0 Å². The smallest absolute Gasteiger partial charge is 0.0464 e. The predicted octanol–water partition coefficient (Wildman–Crippen LogP) is 19.5. The van der Waals surface area contributed by atoms with Crippen molar-refractivity contribution in [1.29, 1.82) is 0 Å². The van der Waals surface area contributed by atoms with Crippen LogP contribution in [0.5, 0.6) is 0 Å². The Morgan fingerprint density at radius 1 is 0.229 bits per heavy atom. The molecule has 0 bridgehead atoms. The lowest BCUT2D eigenvalue weighted by Gasteiger charge is -2.26. The average molecular weight is 901 g/mol. The van der Waals surface area contributed by atoms with Crippen molar-refractivity contribution in [3.63, 3.8) is 0 Å². The summed E-state index contributed by atoms with van der Waals surface area (Å²) in [5.74, 6) is 0. The Labute approximate surface area is 413 Å². The fourth-order valence-electron chi connectivity index (χ4n) is 10.4. The minimum atomic E-state index is 1.12. The fraction of sp³-hybridized carbons (Fsp3) is 0.0882. The molecule has 0 heterocycles. The van der Waals surface area contributed by atoms with E-state index in [4.69, 9.17) is 0 Å². The number of hydrogen-bond donors (Lipinski definition) is 0. The number of nitrogens with zero attached hydrogens (tertiary/aromatic N) is 2. The fourth-order valence-corrected chi connectivity index (χ4v) is 10.4. The van der Waals surface area contributed by atoms with Gasteiger partial charge in [-0.05, 0) is 226 Å². The van der Waals surface area contributed by atoms with E-state index in [1.165, 1.54) is 99.4 Å². The summed E-state index contributed by atoms with van der Waals surface area (Å²) in [6, 6.07) is 85.2. The molecular formula is C68H56N2. The van der Waals surface area contributed by atoms with Crippen LogP contribution >= 0.6 is 0 Å². The van der Waals surface area contributed by atoms with Gasteiger partial charge in [0.25, 0.3) is 0 Å². The van der Waals surface area contributed by atoms with E-state index in [1.807, 2.05) is 0 Å². The zero-order valence-electron chi connectivity index (χ0n) is 40.8. The monoisotopic (exact) mass is 900 g/mol. The molecule has 0 aromatic heterocycles. The van der Waals surface area contributed by atoms with Crippen molar-refractivity contribution < 1.29 is 0 Å². The molecule has 70 heavy (non-hydrogen) atoms. The minimum absolute atomic E-state index is 1.12. The van der Waals surface area contributed by atoms with Crippen molar-refractivity contribution >= 4 is 55.7 Å². The van der Waals surface area contributed by atoms with Crippen molar-refractivity contribution in [2.75, 3.05) is 9.80 Å². The van der Waals surface area contributed by atoms with E-state index >= 15 is 0 Å². The van der Waals surface area contributed by atoms with Gasteiger partial charge in [0.05, 0.1) is 0 Å². The minimum Gasteiger partial charge on any atom is -0.310 e. The molecule has 2 nitrogen and oxygen atoms in total. The van der Waals surface area contributed by atoms with Gasteiger partial charge in [-0.25, -0.2) is 0 Å². The Bertz CT molecular complexity index is 3390. The van der Waals surface area contributed by atoms with Gasteiger partial charge in [-0.15, -0.1) is 0 Å². The zero-order chi connectivity index (χ0) is 47.9. The molecule has 0 spiro atoms. The van der Waals surface area contributed by atoms with Gasteiger partial charge >= 0.3 is 0 Å². The molecule has 0 unspecified atom stereocenters. The normalized spacial score (nSPS) is 11.3. The van der Waals surface area contributed by atoms with Gasteiger partial charge in [-0.2, -0.15) is 0 Å². The summed E-state index contributed by atoms with van der Waals surface area (Å²) >= 11 is 0. The molecule has 0 aliphatic rings. The van der Waals surface area contributed by atoms with E-state index in [-0.39, 0.29) is 0 Å². The predicted molar refractivity (Wildman–Crippen MR) is 301 cm³/mol. The van der Waals surface area contributed by atoms with Crippen LogP contribution in [0.2, 0.25) is 0 Å². The van der Waals surface area contributed by atoms with E-state index in [9.17, 15) is 0 Å². The van der Waals surface area contributed by atoms with Crippen LogP contribution in [-0.4, -0.2) is 0 Å². The van der Waals surface area contributed by atoms with Gasteiger partial charge in [-0.1, -0.05) is 146 Å². The molecule has 0 radical (unpaired) electrons. The van der Waals surface area contributed by atoms with E-state index in [2.05, 4.69) is 282 Å². The van der Waals surface area contributed by atoms with Crippen molar-refractivity contribution in [3.05, 3.63) is 264 Å². The standard InChI is InChI=1S/C68H56N2/c1-45-15-11-21-57(39-45)69(58-22-12-16-46(2)40-58)55-33-27-51(28-34-55)53-31-37-63-65(43-53)67(61-25-9-7-19-49(61)5)64-38-32-54(44-66(64)68(63)62-26-10-8-20-50(62)6)52-29-35-56(36-30-52)70(59-23-13-17-47(3)41-59)60-24-14-18-48(4)42-60/h7-44H,1-6H3. The highest BCUT2D eigenvalue weighted by molar-refractivity contribution is 6.23. The Morgan fingerprint density at radius 3 is 0.857 bits per heavy atom. The summed E-state index contributed by atoms with van der Waals surface area (Å²) in [4.78, 5) is 4.71. The van der Waals surface area contributed by atoms with Crippen molar-refractivity contribution in [3.8, 4) is 44.5 Å². The molecule has 0 saturated heterocycles. The molecule has 0 aliphatic heterocycles. The largest absolute Gasteiger partial charge is 0.310 e. The summed E-state index contributed by atoms with van der Waals surface area (Å²) in [7, 11) is 0. The third kappa shape index (κ3) is 8.43. The lowest BCUT2D eigenvalue weighted by molar-refractivity contribution is 1.26. The second-order valence-corrected chi connectivity index (χ2v) is 19.0. The van der Waals surface area contributed by atoms with Gasteiger partial charge in [0.15, 0.2) is 0 Å². The third-order valence-electron chi connectivity index (χ3n) is 13.9. The van der Waals surface area contributed by atoms with E-state index in [0.717, 1.165) is 34.1 Å². The molecule has 0 N–H and O–H groups in total. The zero-order valence-corrected chi connectivity index (χ0v) is 40.8. The highest BCUT2D eigenvalue weighted by Gasteiger charge is 2.21. The molecule has 11 aromatic carbocycles. The van der Waals surface area contributed by atoms with Crippen LogP contribution in [0.1, 0.15) is 33.4 Å². The number of rotatable bonds is 10. The number of aryl methyl sites for hydroxylation is 6. The summed E-state index contributed by atoms with van der Waals surface area (Å²) < 4.78 is 0. The number of hydrogen-bond acceptors (Lipinski definition) is 2. The lowest BCUT2D eigenvalue weighted by atomic mass is 9.82. The molecule has 11 rings (SSSR count). The molecule has 2 heteroatoms. The summed E-state index contributed by atoms with van der Waals surface area (Å²) in [5.41, 5.74) is 24.0. The molecular weight excluding hydrogens is 845 g/mol. The van der Waals surface area contributed by atoms with Crippen LogP contribution in [0.3, 0.4) is 0 Å². The van der Waals surface area contributed by atoms with Crippen LogP contribution in [-0.2, 0) is 0 Å². The quantitative estimate of drug-likeness (QED) is 0.126. The lowest BCUT2D eigenvalue weighted by Crippen LogP contribution is -2.10. The Morgan fingerprint density at radius 2 is 0.543 bits per heavy atom. The Balaban J connectivity index is 1.07. The molecule has 0 saturated carbocycles. The van der Waals surface area contributed by atoms with Gasteiger partial charge < -0.3 is 9.80 Å². The van der Waals surface area contributed by atoms with Gasteiger partial charge in [0, 0.05) is 34.1 Å². The van der Waals surface area contributed by atoms with E-state index < -0.39 is 0 Å². The molecule has 0 aliphatic carbocycles. The third-order valence-corrected chi connectivity index (χ3v) is 13.9. The number of fused-ring (bicyclic) bond motifs is 2. The van der Waals surface area contributed by atoms with Crippen LogP contribution in [0.4, 0.5) is 34.1 Å². The van der Waals surface area contributed by atoms with Crippen LogP contribution in [0.25, 0.3) is 66.1 Å². The van der Waals surface area contributed by atoms with E-state index in [1.54, 1.807) is 0 Å². The number of benzene rings is 11. The maximum atomic E-state index is 2.44.